The highest BCUT2D eigenvalue weighted by Crippen LogP contribution is 2.44. The Hall–Kier alpha value is -6.84. The molecule has 0 spiro atoms. The van der Waals surface area contributed by atoms with Crippen LogP contribution in [0.4, 0.5) is 0 Å². The molecule has 0 atom stereocenters. The quantitative estimate of drug-likeness (QED) is 0.178. The number of benzene rings is 8. The number of nitrogens with zero attached hydrogens (tertiary/aromatic N) is 3. The van der Waals surface area contributed by atoms with Crippen LogP contribution >= 0.6 is 0 Å². The van der Waals surface area contributed by atoms with Crippen LogP contribution in [-0.4, -0.2) is 14.4 Å². The molecule has 3 heteroatoms. The highest BCUT2D eigenvalue weighted by molar-refractivity contribution is 6.25. The average Bonchev–Trinajstić information content (AvgIpc) is 3.73. The fourth-order valence-electron chi connectivity index (χ4n) is 8.20. The summed E-state index contributed by atoms with van der Waals surface area (Å²) in [6.45, 7) is 0. The van der Waals surface area contributed by atoms with E-state index in [0.717, 1.165) is 44.5 Å². The molecule has 3 heterocycles. The summed E-state index contributed by atoms with van der Waals surface area (Å²) in [7, 11) is 0. The first-order chi connectivity index (χ1) is 25.3. The molecule has 3 aromatic heterocycles. The number of para-hydroxylation sites is 2. The predicted molar refractivity (Wildman–Crippen MR) is 213 cm³/mol. The summed E-state index contributed by atoms with van der Waals surface area (Å²) in [5.41, 5.74) is 12.4. The molecule has 3 nitrogen and oxygen atoms in total. The first-order valence-corrected chi connectivity index (χ1v) is 17.4. The van der Waals surface area contributed by atoms with E-state index in [2.05, 4.69) is 180 Å². The molecule has 0 aliphatic carbocycles. The fourth-order valence-corrected chi connectivity index (χ4v) is 8.20. The number of aromatic nitrogens is 3. The van der Waals surface area contributed by atoms with Crippen LogP contribution in [0.1, 0.15) is 0 Å². The van der Waals surface area contributed by atoms with Gasteiger partial charge < -0.3 is 4.40 Å². The van der Waals surface area contributed by atoms with Crippen molar-refractivity contribution in [2.45, 2.75) is 0 Å². The van der Waals surface area contributed by atoms with Gasteiger partial charge in [-0.2, -0.15) is 0 Å². The van der Waals surface area contributed by atoms with E-state index in [4.69, 9.17) is 9.97 Å². The zero-order valence-corrected chi connectivity index (χ0v) is 27.6. The van der Waals surface area contributed by atoms with E-state index in [1.165, 1.54) is 60.2 Å². The molecule has 0 aliphatic rings. The zero-order valence-electron chi connectivity index (χ0n) is 27.6. The summed E-state index contributed by atoms with van der Waals surface area (Å²) in [4.78, 5) is 10.6. The number of hydrogen-bond donors (Lipinski definition) is 0. The van der Waals surface area contributed by atoms with Gasteiger partial charge in [0, 0.05) is 49.0 Å². The molecule has 0 unspecified atom stereocenters. The molecular weight excluding hydrogens is 619 g/mol. The lowest BCUT2D eigenvalue weighted by Crippen LogP contribution is -1.96. The minimum atomic E-state index is 0.722. The third kappa shape index (κ3) is 4.19. The van der Waals surface area contributed by atoms with Gasteiger partial charge in [-0.15, -0.1) is 0 Å². The number of hydrogen-bond acceptors (Lipinski definition) is 2. The monoisotopic (exact) mass is 647 g/mol. The molecule has 0 radical (unpaired) electrons. The Morgan fingerprint density at radius 1 is 0.353 bits per heavy atom. The third-order valence-electron chi connectivity index (χ3n) is 10.5. The second kappa shape index (κ2) is 10.8. The third-order valence-corrected chi connectivity index (χ3v) is 10.5. The number of fused-ring (bicyclic) bond motifs is 9. The second-order valence-electron chi connectivity index (χ2n) is 13.4. The van der Waals surface area contributed by atoms with Crippen LogP contribution in [0.15, 0.2) is 176 Å². The van der Waals surface area contributed by atoms with Crippen molar-refractivity contribution in [3.8, 4) is 44.9 Å². The molecule has 11 rings (SSSR count). The van der Waals surface area contributed by atoms with E-state index in [1.54, 1.807) is 0 Å². The maximum absolute atomic E-state index is 5.32. The van der Waals surface area contributed by atoms with Crippen LogP contribution in [0.25, 0.3) is 105 Å². The van der Waals surface area contributed by atoms with Crippen molar-refractivity contribution in [1.29, 1.82) is 0 Å². The van der Waals surface area contributed by atoms with Crippen LogP contribution in [0.3, 0.4) is 0 Å². The van der Waals surface area contributed by atoms with Gasteiger partial charge in [-0.25, -0.2) is 9.97 Å². The molecule has 51 heavy (non-hydrogen) atoms. The van der Waals surface area contributed by atoms with Crippen LogP contribution in [0, 0.1) is 0 Å². The van der Waals surface area contributed by atoms with Gasteiger partial charge in [0.2, 0.25) is 0 Å². The van der Waals surface area contributed by atoms with E-state index < -0.39 is 0 Å². The van der Waals surface area contributed by atoms with Crippen molar-refractivity contribution in [2.75, 3.05) is 0 Å². The maximum atomic E-state index is 5.32. The van der Waals surface area contributed by atoms with Gasteiger partial charge in [0.05, 0.1) is 27.8 Å². The molecular formula is C48H29N3. The van der Waals surface area contributed by atoms with Gasteiger partial charge in [-0.1, -0.05) is 158 Å². The summed E-state index contributed by atoms with van der Waals surface area (Å²) in [5.74, 6) is 0.722. The van der Waals surface area contributed by atoms with Crippen molar-refractivity contribution in [3.63, 3.8) is 0 Å². The van der Waals surface area contributed by atoms with E-state index >= 15 is 0 Å². The molecule has 0 amide bonds. The topological polar surface area (TPSA) is 30.2 Å². The largest absolute Gasteiger partial charge is 0.307 e. The first-order valence-electron chi connectivity index (χ1n) is 17.4. The summed E-state index contributed by atoms with van der Waals surface area (Å²) in [6, 6.07) is 63.0. The smallest absolute Gasteiger partial charge is 0.160 e. The molecule has 0 N–H and O–H groups in total. The lowest BCUT2D eigenvalue weighted by atomic mass is 9.97. The minimum Gasteiger partial charge on any atom is -0.307 e. The van der Waals surface area contributed by atoms with E-state index in [-0.39, 0.29) is 0 Å². The Balaban J connectivity index is 1.20. The Morgan fingerprint density at radius 3 is 1.82 bits per heavy atom. The van der Waals surface area contributed by atoms with Crippen LogP contribution in [0.2, 0.25) is 0 Å². The van der Waals surface area contributed by atoms with Crippen molar-refractivity contribution in [3.05, 3.63) is 176 Å². The molecule has 0 bridgehead atoms. The average molecular weight is 648 g/mol. The van der Waals surface area contributed by atoms with Gasteiger partial charge in [0.25, 0.3) is 0 Å². The lowest BCUT2D eigenvalue weighted by molar-refractivity contribution is 1.23. The number of rotatable bonds is 4. The normalized spacial score (nSPS) is 11.9. The zero-order chi connectivity index (χ0) is 33.5. The van der Waals surface area contributed by atoms with E-state index in [1.807, 2.05) is 0 Å². The van der Waals surface area contributed by atoms with E-state index in [0.29, 0.717) is 0 Å². The lowest BCUT2D eigenvalue weighted by Gasteiger charge is -2.12. The SMILES string of the molecule is c1ccc(-c2cccc(-c3cccc4c5cccc6c7ccc(-c8nc(-c9ccccc9)c9ccc%10ccccc%10c9n8)cc7n(c34)c65)c2)cc1. The molecule has 0 fully saturated rings. The summed E-state index contributed by atoms with van der Waals surface area (Å²) in [5, 5.41) is 8.35. The van der Waals surface area contributed by atoms with Gasteiger partial charge >= 0.3 is 0 Å². The fraction of sp³-hybridized carbons (Fsp3) is 0. The predicted octanol–water partition coefficient (Wildman–Crippen LogP) is 12.6. The minimum absolute atomic E-state index is 0.722. The highest BCUT2D eigenvalue weighted by atomic mass is 14.9. The van der Waals surface area contributed by atoms with Crippen LogP contribution in [-0.2, 0) is 0 Å². The molecule has 0 aliphatic heterocycles. The maximum Gasteiger partial charge on any atom is 0.160 e. The van der Waals surface area contributed by atoms with E-state index in [9.17, 15) is 0 Å². The first kappa shape index (κ1) is 28.0. The highest BCUT2D eigenvalue weighted by Gasteiger charge is 2.21. The molecule has 11 aromatic rings. The summed E-state index contributed by atoms with van der Waals surface area (Å²) < 4.78 is 2.48. The van der Waals surface area contributed by atoms with Gasteiger partial charge in [0.15, 0.2) is 5.82 Å². The Bertz CT molecular complexity index is 3120. The summed E-state index contributed by atoms with van der Waals surface area (Å²) in [6.07, 6.45) is 0. The van der Waals surface area contributed by atoms with Gasteiger partial charge in [0.1, 0.15) is 0 Å². The summed E-state index contributed by atoms with van der Waals surface area (Å²) >= 11 is 0. The van der Waals surface area contributed by atoms with Gasteiger partial charge in [-0.3, -0.25) is 0 Å². The standard InChI is InChI=1S/C48H29N3/c1-3-12-30(13-4-1)33-17-9-18-34(28-33)37-20-10-22-40-41-23-11-21-39-38-26-25-35(29-43(38)51(46(37)40)47(39)41)48-49-44(32-15-5-2-6-16-32)42-27-24-31-14-7-8-19-36(31)45(42)50-48/h1-29H. The molecule has 0 saturated heterocycles. The second-order valence-corrected chi connectivity index (χ2v) is 13.4. The van der Waals surface area contributed by atoms with Crippen molar-refractivity contribution in [1.82, 2.24) is 14.4 Å². The van der Waals surface area contributed by atoms with Crippen LogP contribution in [0.5, 0.6) is 0 Å². The Morgan fingerprint density at radius 2 is 0.980 bits per heavy atom. The Labute approximate surface area is 294 Å². The van der Waals surface area contributed by atoms with Crippen molar-refractivity contribution >= 4 is 59.8 Å². The van der Waals surface area contributed by atoms with Gasteiger partial charge in [-0.05, 0) is 40.3 Å². The molecule has 8 aromatic carbocycles. The molecule has 236 valence electrons. The van der Waals surface area contributed by atoms with Crippen molar-refractivity contribution < 1.29 is 0 Å². The Kier molecular flexibility index (Phi) is 5.96. The molecule has 0 saturated carbocycles. The van der Waals surface area contributed by atoms with Crippen molar-refractivity contribution in [2.24, 2.45) is 0 Å². The van der Waals surface area contributed by atoms with Crippen LogP contribution < -0.4 is 0 Å².